The second-order valence-electron chi connectivity index (χ2n) is 3.45. The summed E-state index contributed by atoms with van der Waals surface area (Å²) >= 11 is 0. The predicted molar refractivity (Wildman–Crippen MR) is 61.4 cm³/mol. The molecule has 70 valence electrons. The molecule has 1 heteroatoms. The Morgan fingerprint density at radius 3 is 2.86 bits per heavy atom. The average Bonchev–Trinajstić information content (AvgIpc) is 2.19. The fourth-order valence-electron chi connectivity index (χ4n) is 1.82. The van der Waals surface area contributed by atoms with Crippen LogP contribution in [0.4, 0.5) is 0 Å². The molecular weight excluding hydrogens is 170 g/mol. The number of rotatable bonds is 0. The van der Waals surface area contributed by atoms with E-state index in [1.807, 2.05) is 25.3 Å². The van der Waals surface area contributed by atoms with Crippen molar-refractivity contribution in [3.8, 4) is 0 Å². The lowest BCUT2D eigenvalue weighted by Crippen LogP contribution is -2.24. The Hall–Kier alpha value is -1.63. The van der Waals surface area contributed by atoms with Crippen molar-refractivity contribution in [3.05, 3.63) is 40.4 Å². The van der Waals surface area contributed by atoms with Crippen LogP contribution in [0.15, 0.2) is 24.4 Å². The van der Waals surface area contributed by atoms with Crippen molar-refractivity contribution >= 4 is 23.6 Å². The zero-order valence-corrected chi connectivity index (χ0v) is 8.54. The van der Waals surface area contributed by atoms with Gasteiger partial charge in [-0.3, -0.25) is 4.98 Å². The summed E-state index contributed by atoms with van der Waals surface area (Å²) in [5.74, 6) is 0. The maximum absolute atomic E-state index is 4.37. The first-order valence-electron chi connectivity index (χ1n) is 4.73. The quantitative estimate of drug-likeness (QED) is 0.606. The molecule has 1 aromatic heterocycles. The van der Waals surface area contributed by atoms with Crippen LogP contribution in [0.25, 0.3) is 23.6 Å². The van der Waals surface area contributed by atoms with Gasteiger partial charge in [0.25, 0.3) is 0 Å². The normalized spacial score (nSPS) is 12.3. The molecule has 2 aromatic rings. The van der Waals surface area contributed by atoms with Gasteiger partial charge < -0.3 is 0 Å². The molecule has 14 heavy (non-hydrogen) atoms. The molecule has 0 aliphatic carbocycles. The van der Waals surface area contributed by atoms with Gasteiger partial charge in [-0.25, -0.2) is 0 Å². The van der Waals surface area contributed by atoms with Gasteiger partial charge in [0, 0.05) is 11.6 Å². The smallest absolute Gasteiger partial charge is 0.0710 e. The highest BCUT2D eigenvalue weighted by molar-refractivity contribution is 5.83. The number of benzene rings is 1. The molecule has 0 N–H and O–H groups in total. The first kappa shape index (κ1) is 8.95. The third kappa shape index (κ3) is 1.22. The van der Waals surface area contributed by atoms with Crippen molar-refractivity contribution in [1.29, 1.82) is 0 Å². The molecule has 1 aromatic carbocycles. The molecule has 0 saturated heterocycles. The predicted octanol–water partition coefficient (Wildman–Crippen LogP) is 1.75. The Kier molecular flexibility index (Phi) is 2.08. The van der Waals surface area contributed by atoms with Crippen molar-refractivity contribution in [2.24, 2.45) is 0 Å². The van der Waals surface area contributed by atoms with Crippen molar-refractivity contribution in [2.75, 3.05) is 0 Å². The largest absolute Gasteiger partial charge is 0.256 e. The maximum Gasteiger partial charge on any atom is 0.0710 e. The zero-order valence-electron chi connectivity index (χ0n) is 8.54. The van der Waals surface area contributed by atoms with Crippen LogP contribution in [-0.2, 0) is 0 Å². The first-order valence-corrected chi connectivity index (χ1v) is 4.73. The minimum atomic E-state index is 0.995. The molecule has 0 fully saturated rings. The summed E-state index contributed by atoms with van der Waals surface area (Å²) < 4.78 is 0. The zero-order chi connectivity index (χ0) is 10.1. The van der Waals surface area contributed by atoms with Crippen LogP contribution >= 0.6 is 0 Å². The Bertz CT molecular complexity index is 582. The monoisotopic (exact) mass is 183 g/mol. The summed E-state index contributed by atoms with van der Waals surface area (Å²) in [5, 5.41) is 3.42. The standard InChI is InChI=1S/C13H13N/c1-4-11-10(3)8-14-12-7-5-6-9(2)13(11)12/h4-8H,3H2,1-2H3/b11-4+. The second kappa shape index (κ2) is 3.26. The number of aromatic nitrogens is 1. The summed E-state index contributed by atoms with van der Waals surface area (Å²) in [5.41, 5.74) is 2.30. The Morgan fingerprint density at radius 1 is 1.36 bits per heavy atom. The van der Waals surface area contributed by atoms with Crippen LogP contribution in [0.3, 0.4) is 0 Å². The van der Waals surface area contributed by atoms with E-state index in [-0.39, 0.29) is 0 Å². The molecule has 0 saturated carbocycles. The number of hydrogen-bond acceptors (Lipinski definition) is 1. The summed E-state index contributed by atoms with van der Waals surface area (Å²) in [6.07, 6.45) is 3.93. The molecule has 1 nitrogen and oxygen atoms in total. The van der Waals surface area contributed by atoms with Crippen molar-refractivity contribution in [1.82, 2.24) is 4.98 Å². The molecule has 0 unspecified atom stereocenters. The van der Waals surface area contributed by atoms with E-state index in [4.69, 9.17) is 0 Å². The van der Waals surface area contributed by atoms with Crippen LogP contribution in [0.2, 0.25) is 0 Å². The second-order valence-corrected chi connectivity index (χ2v) is 3.45. The Labute approximate surface area is 83.4 Å². The van der Waals surface area contributed by atoms with Gasteiger partial charge in [0.15, 0.2) is 0 Å². The number of nitrogens with zero attached hydrogens (tertiary/aromatic N) is 1. The van der Waals surface area contributed by atoms with Gasteiger partial charge >= 0.3 is 0 Å². The molecule has 1 heterocycles. The van der Waals surface area contributed by atoms with E-state index in [9.17, 15) is 0 Å². The molecule has 0 aliphatic heterocycles. The topological polar surface area (TPSA) is 12.9 Å². The minimum absolute atomic E-state index is 0.995. The lowest BCUT2D eigenvalue weighted by atomic mass is 10.1. The third-order valence-corrected chi connectivity index (χ3v) is 2.51. The van der Waals surface area contributed by atoms with Crippen LogP contribution in [0.1, 0.15) is 12.5 Å². The first-order chi connectivity index (χ1) is 6.74. The van der Waals surface area contributed by atoms with Crippen LogP contribution in [0, 0.1) is 6.92 Å². The summed E-state index contributed by atoms with van der Waals surface area (Å²) in [6.45, 7) is 8.13. The highest BCUT2D eigenvalue weighted by Gasteiger charge is 1.98. The van der Waals surface area contributed by atoms with Crippen LogP contribution in [0.5, 0.6) is 0 Å². The lowest BCUT2D eigenvalue weighted by molar-refractivity contribution is 1.34. The van der Waals surface area contributed by atoms with Gasteiger partial charge in [0.1, 0.15) is 0 Å². The van der Waals surface area contributed by atoms with Gasteiger partial charge in [0.05, 0.1) is 5.52 Å². The van der Waals surface area contributed by atoms with E-state index in [1.165, 1.54) is 16.2 Å². The van der Waals surface area contributed by atoms with E-state index in [0.29, 0.717) is 0 Å². The average molecular weight is 183 g/mol. The van der Waals surface area contributed by atoms with E-state index in [0.717, 1.165) is 10.7 Å². The van der Waals surface area contributed by atoms with E-state index in [2.05, 4.69) is 30.6 Å². The van der Waals surface area contributed by atoms with Gasteiger partial charge in [-0.1, -0.05) is 24.8 Å². The highest BCUT2D eigenvalue weighted by Crippen LogP contribution is 2.09. The maximum atomic E-state index is 4.37. The minimum Gasteiger partial charge on any atom is -0.256 e. The van der Waals surface area contributed by atoms with E-state index < -0.39 is 0 Å². The van der Waals surface area contributed by atoms with Crippen molar-refractivity contribution in [2.45, 2.75) is 13.8 Å². The van der Waals surface area contributed by atoms with Crippen LogP contribution in [-0.4, -0.2) is 4.98 Å². The van der Waals surface area contributed by atoms with Gasteiger partial charge in [-0.2, -0.15) is 0 Å². The van der Waals surface area contributed by atoms with Crippen molar-refractivity contribution in [3.63, 3.8) is 0 Å². The van der Waals surface area contributed by atoms with Gasteiger partial charge in [-0.15, -0.1) is 0 Å². The number of aryl methyl sites for hydroxylation is 1. The van der Waals surface area contributed by atoms with E-state index >= 15 is 0 Å². The lowest BCUT2D eigenvalue weighted by Gasteiger charge is -2.01. The molecule has 2 rings (SSSR count). The van der Waals surface area contributed by atoms with Gasteiger partial charge in [0.2, 0.25) is 0 Å². The molecule has 0 radical (unpaired) electrons. The summed E-state index contributed by atoms with van der Waals surface area (Å²) in [6, 6.07) is 6.18. The number of hydrogen-bond donors (Lipinski definition) is 0. The fraction of sp³-hybridized carbons (Fsp3) is 0.154. The molecule has 0 amide bonds. The molecule has 0 bridgehead atoms. The summed E-state index contributed by atoms with van der Waals surface area (Å²) in [4.78, 5) is 4.37. The summed E-state index contributed by atoms with van der Waals surface area (Å²) in [7, 11) is 0. The molecule has 0 aliphatic rings. The highest BCUT2D eigenvalue weighted by atomic mass is 14.6. The third-order valence-electron chi connectivity index (χ3n) is 2.51. The van der Waals surface area contributed by atoms with Crippen molar-refractivity contribution < 1.29 is 0 Å². The molecule has 0 spiro atoms. The number of pyridine rings is 1. The van der Waals surface area contributed by atoms with E-state index in [1.54, 1.807) is 0 Å². The molecular formula is C13H13N. The van der Waals surface area contributed by atoms with Crippen LogP contribution < -0.4 is 10.4 Å². The Morgan fingerprint density at radius 2 is 2.14 bits per heavy atom. The SMILES string of the molecule is C=c1cnc2cccc(C)c2/c1=C/C. The van der Waals surface area contributed by atoms with Gasteiger partial charge in [-0.05, 0) is 35.9 Å². The fourth-order valence-corrected chi connectivity index (χ4v) is 1.82. The molecule has 0 atom stereocenters. The number of fused-ring (bicyclic) bond motifs is 1. The Balaban J connectivity index is 3.16.